The Balaban J connectivity index is 0.00000200. The summed E-state index contributed by atoms with van der Waals surface area (Å²) < 4.78 is 5.50. The first-order valence-electron chi connectivity index (χ1n) is 6.95. The van der Waals surface area contributed by atoms with E-state index in [0.717, 1.165) is 19.5 Å². The second-order valence-electron chi connectivity index (χ2n) is 4.98. The Labute approximate surface area is 126 Å². The van der Waals surface area contributed by atoms with Crippen molar-refractivity contribution >= 4 is 18.3 Å². The van der Waals surface area contributed by atoms with Crippen LogP contribution in [0.5, 0.6) is 5.75 Å². The molecule has 0 aromatic heterocycles. The average Bonchev–Trinajstić information content (AvgIpc) is 2.42. The Morgan fingerprint density at radius 1 is 1.45 bits per heavy atom. The molecule has 0 radical (unpaired) electrons. The van der Waals surface area contributed by atoms with E-state index in [1.807, 2.05) is 31.2 Å². The van der Waals surface area contributed by atoms with Gasteiger partial charge in [-0.2, -0.15) is 0 Å². The minimum absolute atomic E-state index is 0. The number of hydrogen-bond acceptors (Lipinski definition) is 3. The molecule has 2 rings (SSSR count). The maximum absolute atomic E-state index is 12.3. The van der Waals surface area contributed by atoms with E-state index in [0.29, 0.717) is 23.8 Å². The third-order valence-electron chi connectivity index (χ3n) is 3.53. The van der Waals surface area contributed by atoms with Gasteiger partial charge < -0.3 is 15.4 Å². The van der Waals surface area contributed by atoms with Crippen LogP contribution in [0.3, 0.4) is 0 Å². The molecule has 2 N–H and O–H groups in total. The number of ether oxygens (including phenoxy) is 1. The zero-order valence-electron chi connectivity index (χ0n) is 12.0. The molecule has 0 saturated carbocycles. The third-order valence-corrected chi connectivity index (χ3v) is 3.53. The van der Waals surface area contributed by atoms with Crippen LogP contribution in [0, 0.1) is 5.92 Å². The SMILES string of the molecule is CCOc1ccccc1C(=O)NC1CCNCC1C.Cl. The fourth-order valence-corrected chi connectivity index (χ4v) is 2.41. The number of halogens is 1. The predicted molar refractivity (Wildman–Crippen MR) is 82.8 cm³/mol. The van der Waals surface area contributed by atoms with Crippen LogP contribution in [0.4, 0.5) is 0 Å². The zero-order valence-corrected chi connectivity index (χ0v) is 12.8. The lowest BCUT2D eigenvalue weighted by atomic mass is 9.95. The molecule has 0 bridgehead atoms. The zero-order chi connectivity index (χ0) is 13.7. The second-order valence-corrected chi connectivity index (χ2v) is 4.98. The van der Waals surface area contributed by atoms with Gasteiger partial charge in [0, 0.05) is 6.04 Å². The second kappa shape index (κ2) is 8.12. The highest BCUT2D eigenvalue weighted by Gasteiger charge is 2.24. The minimum atomic E-state index is -0.0391. The van der Waals surface area contributed by atoms with E-state index in [2.05, 4.69) is 17.6 Å². The molecule has 1 amide bonds. The molecule has 1 aromatic carbocycles. The molecule has 112 valence electrons. The molecule has 1 saturated heterocycles. The van der Waals surface area contributed by atoms with Crippen molar-refractivity contribution < 1.29 is 9.53 Å². The average molecular weight is 299 g/mol. The summed E-state index contributed by atoms with van der Waals surface area (Å²) in [6.45, 7) is 6.56. The molecule has 2 atom stereocenters. The Hall–Kier alpha value is -1.26. The summed E-state index contributed by atoms with van der Waals surface area (Å²) in [7, 11) is 0. The Morgan fingerprint density at radius 3 is 2.90 bits per heavy atom. The molecule has 4 nitrogen and oxygen atoms in total. The van der Waals surface area contributed by atoms with E-state index in [4.69, 9.17) is 4.74 Å². The van der Waals surface area contributed by atoms with Crippen molar-refractivity contribution in [3.05, 3.63) is 29.8 Å². The summed E-state index contributed by atoms with van der Waals surface area (Å²) in [5.74, 6) is 1.07. The fourth-order valence-electron chi connectivity index (χ4n) is 2.41. The van der Waals surface area contributed by atoms with Gasteiger partial charge in [0.15, 0.2) is 0 Å². The number of amides is 1. The van der Waals surface area contributed by atoms with E-state index >= 15 is 0 Å². The summed E-state index contributed by atoms with van der Waals surface area (Å²) in [5, 5.41) is 6.46. The Bertz CT molecular complexity index is 440. The van der Waals surface area contributed by atoms with Gasteiger partial charge in [0.2, 0.25) is 0 Å². The molecular weight excluding hydrogens is 276 g/mol. The van der Waals surface area contributed by atoms with Crippen molar-refractivity contribution in [1.29, 1.82) is 0 Å². The topological polar surface area (TPSA) is 50.4 Å². The van der Waals surface area contributed by atoms with E-state index in [1.54, 1.807) is 0 Å². The van der Waals surface area contributed by atoms with Crippen LogP contribution in [0.2, 0.25) is 0 Å². The number of nitrogens with one attached hydrogen (secondary N) is 2. The fraction of sp³-hybridized carbons (Fsp3) is 0.533. The monoisotopic (exact) mass is 298 g/mol. The normalized spacial score (nSPS) is 21.7. The van der Waals surface area contributed by atoms with Gasteiger partial charge in [0.05, 0.1) is 12.2 Å². The van der Waals surface area contributed by atoms with E-state index in [1.165, 1.54) is 0 Å². The first-order valence-corrected chi connectivity index (χ1v) is 6.95. The first-order chi connectivity index (χ1) is 9.22. The number of hydrogen-bond donors (Lipinski definition) is 2. The lowest BCUT2D eigenvalue weighted by Gasteiger charge is -2.30. The first kappa shape index (κ1) is 16.8. The van der Waals surface area contributed by atoms with Crippen molar-refractivity contribution in [3.8, 4) is 5.75 Å². The van der Waals surface area contributed by atoms with E-state index < -0.39 is 0 Å². The maximum atomic E-state index is 12.3. The van der Waals surface area contributed by atoms with Gasteiger partial charge in [-0.1, -0.05) is 19.1 Å². The molecule has 1 fully saturated rings. The smallest absolute Gasteiger partial charge is 0.255 e. The van der Waals surface area contributed by atoms with E-state index in [9.17, 15) is 4.79 Å². The molecule has 1 aliphatic rings. The molecule has 20 heavy (non-hydrogen) atoms. The predicted octanol–water partition coefficient (Wildman–Crippen LogP) is 2.23. The van der Waals surface area contributed by atoms with Crippen LogP contribution in [-0.2, 0) is 0 Å². The molecule has 1 aliphatic heterocycles. The van der Waals surface area contributed by atoms with Crippen molar-refractivity contribution in [2.45, 2.75) is 26.3 Å². The summed E-state index contributed by atoms with van der Waals surface area (Å²) in [6, 6.07) is 7.64. The van der Waals surface area contributed by atoms with Crippen molar-refractivity contribution in [2.75, 3.05) is 19.7 Å². The van der Waals surface area contributed by atoms with Crippen molar-refractivity contribution in [3.63, 3.8) is 0 Å². The molecular formula is C15H23ClN2O2. The van der Waals surface area contributed by atoms with Gasteiger partial charge in [-0.3, -0.25) is 4.79 Å². The van der Waals surface area contributed by atoms with Gasteiger partial charge in [-0.15, -0.1) is 12.4 Å². The lowest BCUT2D eigenvalue weighted by Crippen LogP contribution is -2.48. The highest BCUT2D eigenvalue weighted by atomic mass is 35.5. The molecule has 2 unspecified atom stereocenters. The summed E-state index contributed by atoms with van der Waals surface area (Å²) in [6.07, 6.45) is 0.976. The van der Waals surface area contributed by atoms with E-state index in [-0.39, 0.29) is 24.4 Å². The highest BCUT2D eigenvalue weighted by Crippen LogP contribution is 2.19. The van der Waals surface area contributed by atoms with Gasteiger partial charge in [-0.05, 0) is 44.5 Å². The van der Waals surface area contributed by atoms with Crippen LogP contribution in [-0.4, -0.2) is 31.6 Å². The third kappa shape index (κ3) is 4.12. The number of rotatable bonds is 4. The van der Waals surface area contributed by atoms with Crippen LogP contribution >= 0.6 is 12.4 Å². The Morgan fingerprint density at radius 2 is 2.20 bits per heavy atom. The van der Waals surface area contributed by atoms with Gasteiger partial charge in [0.1, 0.15) is 5.75 Å². The van der Waals surface area contributed by atoms with Gasteiger partial charge in [-0.25, -0.2) is 0 Å². The minimum Gasteiger partial charge on any atom is -0.493 e. The van der Waals surface area contributed by atoms with Crippen LogP contribution in [0.15, 0.2) is 24.3 Å². The number of carbonyl (C=O) groups excluding carboxylic acids is 1. The highest BCUT2D eigenvalue weighted by molar-refractivity contribution is 5.97. The summed E-state index contributed by atoms with van der Waals surface area (Å²) >= 11 is 0. The molecule has 0 spiro atoms. The van der Waals surface area contributed by atoms with Gasteiger partial charge >= 0.3 is 0 Å². The number of para-hydroxylation sites is 1. The number of benzene rings is 1. The van der Waals surface area contributed by atoms with Crippen LogP contribution in [0.25, 0.3) is 0 Å². The van der Waals surface area contributed by atoms with Crippen molar-refractivity contribution in [2.24, 2.45) is 5.92 Å². The van der Waals surface area contributed by atoms with Crippen LogP contribution in [0.1, 0.15) is 30.6 Å². The standard InChI is InChI=1S/C15H22N2O2.ClH/c1-3-19-14-7-5-4-6-12(14)15(18)17-13-8-9-16-10-11(13)2;/h4-7,11,13,16H,3,8-10H2,1-2H3,(H,17,18);1H. The van der Waals surface area contributed by atoms with Crippen LogP contribution < -0.4 is 15.4 Å². The summed E-state index contributed by atoms with van der Waals surface area (Å²) in [5.41, 5.74) is 0.620. The maximum Gasteiger partial charge on any atom is 0.255 e. The lowest BCUT2D eigenvalue weighted by molar-refractivity contribution is 0.0910. The summed E-state index contributed by atoms with van der Waals surface area (Å²) in [4.78, 5) is 12.3. The molecule has 1 heterocycles. The van der Waals surface area contributed by atoms with Crippen molar-refractivity contribution in [1.82, 2.24) is 10.6 Å². The molecule has 0 aliphatic carbocycles. The number of piperidine rings is 1. The molecule has 1 aromatic rings. The molecule has 5 heteroatoms. The number of carbonyl (C=O) groups is 1. The Kier molecular flexibility index (Phi) is 6.82. The van der Waals surface area contributed by atoms with Gasteiger partial charge in [0.25, 0.3) is 5.91 Å². The largest absolute Gasteiger partial charge is 0.493 e. The quantitative estimate of drug-likeness (QED) is 0.896.